The average Bonchev–Trinajstić information content (AvgIpc) is 2.62. The van der Waals surface area contributed by atoms with Gasteiger partial charge in [-0.2, -0.15) is 0 Å². The monoisotopic (exact) mass is 473 g/mol. The van der Waals surface area contributed by atoms with E-state index in [9.17, 15) is 14.7 Å². The van der Waals surface area contributed by atoms with Gasteiger partial charge in [-0.25, -0.2) is 0 Å². The Hall–Kier alpha value is -2.08. The normalized spacial score (nSPS) is 18.7. The molecule has 6 heteroatoms. The summed E-state index contributed by atoms with van der Waals surface area (Å²) >= 11 is 0. The summed E-state index contributed by atoms with van der Waals surface area (Å²) in [6.45, 7) is 25.6. The minimum absolute atomic E-state index is 0.0449. The summed E-state index contributed by atoms with van der Waals surface area (Å²) in [5.74, 6) is 0.255. The van der Waals surface area contributed by atoms with Crippen molar-refractivity contribution in [2.45, 2.75) is 110 Å². The van der Waals surface area contributed by atoms with Crippen LogP contribution < -0.4 is 10.6 Å². The van der Waals surface area contributed by atoms with Crippen LogP contribution in [0.3, 0.4) is 0 Å². The summed E-state index contributed by atoms with van der Waals surface area (Å²) in [4.78, 5) is 28.0. The number of nitrogens with zero attached hydrogens (tertiary/aromatic N) is 1. The van der Waals surface area contributed by atoms with Gasteiger partial charge in [0.15, 0.2) is 0 Å². The Morgan fingerprint density at radius 3 is 1.91 bits per heavy atom. The molecule has 192 valence electrons. The van der Waals surface area contributed by atoms with Crippen molar-refractivity contribution < 1.29 is 14.7 Å². The van der Waals surface area contributed by atoms with Crippen molar-refractivity contribution in [2.24, 2.45) is 0 Å². The van der Waals surface area contributed by atoms with E-state index in [0.717, 1.165) is 16.7 Å². The fourth-order valence-electron chi connectivity index (χ4n) is 4.86. The average molecular weight is 474 g/mol. The standard InChI is InChI=1S/C28H47N3O3/c1-24(2,3)19-15-18(16-20(21(19)32)25(4,5)6)27(9,10)22(33)29-13-14-31-17-26(7,8)30-28(11,12)23(31)34/h15-16,30,32H,13-14,17H2,1-12H3,(H,29,33). The lowest BCUT2D eigenvalue weighted by Crippen LogP contribution is -2.70. The molecule has 1 aliphatic rings. The van der Waals surface area contributed by atoms with Gasteiger partial charge in [0.2, 0.25) is 11.8 Å². The number of benzene rings is 1. The van der Waals surface area contributed by atoms with Gasteiger partial charge in [-0.1, -0.05) is 53.7 Å². The third kappa shape index (κ3) is 5.94. The van der Waals surface area contributed by atoms with Crippen LogP contribution in [0.1, 0.15) is 99.8 Å². The first kappa shape index (κ1) is 28.2. The molecular weight excluding hydrogens is 426 g/mol. The predicted octanol–water partition coefficient (Wildman–Crippen LogP) is 4.37. The Labute approximate surface area is 206 Å². The molecule has 0 aromatic heterocycles. The summed E-state index contributed by atoms with van der Waals surface area (Å²) in [7, 11) is 0. The van der Waals surface area contributed by atoms with Gasteiger partial charge in [0.25, 0.3) is 0 Å². The fraction of sp³-hybridized carbons (Fsp3) is 0.714. The molecule has 6 nitrogen and oxygen atoms in total. The molecule has 0 unspecified atom stereocenters. The number of hydrogen-bond acceptors (Lipinski definition) is 4. The zero-order valence-electron chi connectivity index (χ0n) is 23.5. The molecule has 0 saturated carbocycles. The third-order valence-electron chi connectivity index (χ3n) is 6.74. The number of rotatable bonds is 5. The van der Waals surface area contributed by atoms with Gasteiger partial charge in [-0.05, 0) is 69.1 Å². The van der Waals surface area contributed by atoms with E-state index in [-0.39, 0.29) is 28.2 Å². The minimum atomic E-state index is -0.806. The zero-order chi connectivity index (χ0) is 26.5. The highest BCUT2D eigenvalue weighted by molar-refractivity contribution is 5.88. The van der Waals surface area contributed by atoms with Crippen LogP contribution in [0.5, 0.6) is 5.75 Å². The van der Waals surface area contributed by atoms with Gasteiger partial charge in [0, 0.05) is 25.2 Å². The number of aromatic hydroxyl groups is 1. The quantitative estimate of drug-likeness (QED) is 0.593. The molecule has 34 heavy (non-hydrogen) atoms. The Bertz CT molecular complexity index is 912. The largest absolute Gasteiger partial charge is 0.507 e. The van der Waals surface area contributed by atoms with E-state index in [0.29, 0.717) is 25.4 Å². The number of amides is 2. The van der Waals surface area contributed by atoms with Crippen LogP contribution in [0.2, 0.25) is 0 Å². The van der Waals surface area contributed by atoms with Gasteiger partial charge in [-0.3, -0.25) is 14.9 Å². The highest BCUT2D eigenvalue weighted by Crippen LogP contribution is 2.42. The molecule has 3 N–H and O–H groups in total. The Morgan fingerprint density at radius 2 is 1.47 bits per heavy atom. The molecule has 1 aliphatic heterocycles. The molecule has 0 spiro atoms. The number of carbonyl (C=O) groups is 2. The molecular formula is C28H47N3O3. The summed E-state index contributed by atoms with van der Waals surface area (Å²) in [6.07, 6.45) is 0. The van der Waals surface area contributed by atoms with Crippen LogP contribution in [0, 0.1) is 0 Å². The second-order valence-electron chi connectivity index (χ2n) is 13.7. The summed E-state index contributed by atoms with van der Waals surface area (Å²) in [5.41, 5.74) is 0.378. The SMILES string of the molecule is CC1(C)CN(CCNC(=O)C(C)(C)c2cc(C(C)(C)C)c(O)c(C(C)(C)C)c2)C(=O)C(C)(C)N1. The van der Waals surface area contributed by atoms with Crippen LogP contribution >= 0.6 is 0 Å². The van der Waals surface area contributed by atoms with Crippen LogP contribution in [0.4, 0.5) is 0 Å². The molecule has 0 bridgehead atoms. The van der Waals surface area contributed by atoms with E-state index in [1.165, 1.54) is 0 Å². The maximum atomic E-state index is 13.4. The number of nitrogens with one attached hydrogen (secondary N) is 2. The maximum Gasteiger partial charge on any atom is 0.242 e. The number of carbonyl (C=O) groups excluding carboxylic acids is 2. The van der Waals surface area contributed by atoms with E-state index in [4.69, 9.17) is 0 Å². The van der Waals surface area contributed by atoms with Gasteiger partial charge in [0.1, 0.15) is 5.75 Å². The lowest BCUT2D eigenvalue weighted by Gasteiger charge is -2.47. The van der Waals surface area contributed by atoms with Gasteiger partial charge >= 0.3 is 0 Å². The topological polar surface area (TPSA) is 81.7 Å². The minimum Gasteiger partial charge on any atom is -0.507 e. The maximum absolute atomic E-state index is 13.4. The third-order valence-corrected chi connectivity index (χ3v) is 6.74. The summed E-state index contributed by atoms with van der Waals surface area (Å²) in [6, 6.07) is 3.93. The fourth-order valence-corrected chi connectivity index (χ4v) is 4.86. The number of phenols is 1. The molecule has 0 radical (unpaired) electrons. The molecule has 1 saturated heterocycles. The first-order valence-electron chi connectivity index (χ1n) is 12.3. The van der Waals surface area contributed by atoms with Crippen molar-refractivity contribution in [3.8, 4) is 5.75 Å². The van der Waals surface area contributed by atoms with Crippen molar-refractivity contribution in [3.63, 3.8) is 0 Å². The van der Waals surface area contributed by atoms with E-state index >= 15 is 0 Å². The summed E-state index contributed by atoms with van der Waals surface area (Å²) in [5, 5.41) is 17.5. The van der Waals surface area contributed by atoms with Gasteiger partial charge < -0.3 is 15.3 Å². The number of hydrogen-bond donors (Lipinski definition) is 3. The molecule has 0 atom stereocenters. The molecule has 1 fully saturated rings. The smallest absolute Gasteiger partial charge is 0.242 e. The summed E-state index contributed by atoms with van der Waals surface area (Å²) < 4.78 is 0. The van der Waals surface area contributed by atoms with Gasteiger partial charge in [0.05, 0.1) is 11.0 Å². The zero-order valence-corrected chi connectivity index (χ0v) is 23.5. The van der Waals surface area contributed by atoms with Crippen LogP contribution in [0.25, 0.3) is 0 Å². The highest BCUT2D eigenvalue weighted by atomic mass is 16.3. The second-order valence-corrected chi connectivity index (χ2v) is 13.7. The van der Waals surface area contributed by atoms with E-state index in [1.807, 2.05) is 44.7 Å². The number of phenolic OH excluding ortho intramolecular Hbond substituents is 1. The van der Waals surface area contributed by atoms with Crippen LogP contribution in [-0.2, 0) is 25.8 Å². The van der Waals surface area contributed by atoms with Crippen LogP contribution in [0.15, 0.2) is 12.1 Å². The molecule has 2 amide bonds. The lowest BCUT2D eigenvalue weighted by atomic mass is 9.74. The van der Waals surface area contributed by atoms with Crippen molar-refractivity contribution in [2.75, 3.05) is 19.6 Å². The number of piperazine rings is 1. The molecule has 1 heterocycles. The van der Waals surface area contributed by atoms with Crippen molar-refractivity contribution in [3.05, 3.63) is 28.8 Å². The Balaban J connectivity index is 2.26. The van der Waals surface area contributed by atoms with Gasteiger partial charge in [-0.15, -0.1) is 0 Å². The van der Waals surface area contributed by atoms with E-state index in [1.54, 1.807) is 0 Å². The Kier molecular flexibility index (Phi) is 7.33. The first-order valence-corrected chi connectivity index (χ1v) is 12.3. The van der Waals surface area contributed by atoms with E-state index in [2.05, 4.69) is 66.0 Å². The van der Waals surface area contributed by atoms with Crippen molar-refractivity contribution >= 4 is 11.8 Å². The van der Waals surface area contributed by atoms with Crippen LogP contribution in [-0.4, -0.2) is 52.5 Å². The molecule has 1 aromatic rings. The second kappa shape index (κ2) is 8.85. The lowest BCUT2D eigenvalue weighted by molar-refractivity contribution is -0.143. The first-order chi connectivity index (χ1) is 15.1. The molecule has 2 rings (SSSR count). The Morgan fingerprint density at radius 1 is 1.00 bits per heavy atom. The van der Waals surface area contributed by atoms with E-state index < -0.39 is 11.0 Å². The molecule has 1 aromatic carbocycles. The predicted molar refractivity (Wildman–Crippen MR) is 139 cm³/mol. The highest BCUT2D eigenvalue weighted by Gasteiger charge is 2.43. The molecule has 0 aliphatic carbocycles. The van der Waals surface area contributed by atoms with Crippen molar-refractivity contribution in [1.29, 1.82) is 0 Å². The van der Waals surface area contributed by atoms with Crippen molar-refractivity contribution in [1.82, 2.24) is 15.5 Å².